The Balaban J connectivity index is 2.34. The topological polar surface area (TPSA) is 65.0 Å². The summed E-state index contributed by atoms with van der Waals surface area (Å²) in [5.41, 5.74) is 3.28. The van der Waals surface area contributed by atoms with Crippen molar-refractivity contribution in [2.75, 3.05) is 21.0 Å². The fourth-order valence-electron chi connectivity index (χ4n) is 3.13. The number of hydrogen-bond donors (Lipinski definition) is 1. The summed E-state index contributed by atoms with van der Waals surface area (Å²) >= 11 is 0. The van der Waals surface area contributed by atoms with Crippen LogP contribution in [0.3, 0.4) is 0 Å². The molecule has 1 aliphatic rings. The quantitative estimate of drug-likeness (QED) is 0.564. The van der Waals surface area contributed by atoms with E-state index < -0.39 is 5.97 Å². The van der Waals surface area contributed by atoms with Gasteiger partial charge in [-0.1, -0.05) is 23.8 Å². The molecule has 5 heteroatoms. The first kappa shape index (κ1) is 19.1. The maximum Gasteiger partial charge on any atom is 0.339 e. The van der Waals surface area contributed by atoms with Crippen LogP contribution in [0.4, 0.5) is 0 Å². The highest BCUT2D eigenvalue weighted by Gasteiger charge is 2.23. The summed E-state index contributed by atoms with van der Waals surface area (Å²) in [6.45, 7) is 6.37. The van der Waals surface area contributed by atoms with E-state index in [1.807, 2.05) is 0 Å². The Morgan fingerprint density at radius 1 is 1.36 bits per heavy atom. The maximum absolute atomic E-state index is 11.6. The Labute approximate surface area is 148 Å². The third-order valence-electron chi connectivity index (χ3n) is 4.61. The predicted molar refractivity (Wildman–Crippen MR) is 96.4 cm³/mol. The molecule has 0 saturated carbocycles. The molecule has 0 spiro atoms. The van der Waals surface area contributed by atoms with Gasteiger partial charge in [-0.3, -0.25) is 0 Å². The molecule has 0 unspecified atom stereocenters. The minimum absolute atomic E-state index is 0.0295. The van der Waals surface area contributed by atoms with Crippen molar-refractivity contribution in [3.63, 3.8) is 0 Å². The van der Waals surface area contributed by atoms with Gasteiger partial charge in [0, 0.05) is 19.1 Å². The van der Waals surface area contributed by atoms with Crippen molar-refractivity contribution in [1.82, 2.24) is 0 Å². The molecule has 0 aromatic heterocycles. The van der Waals surface area contributed by atoms with Crippen molar-refractivity contribution in [2.24, 2.45) is 5.92 Å². The molecule has 136 valence electrons. The number of hydrogen-bond acceptors (Lipinski definition) is 4. The van der Waals surface area contributed by atoms with Crippen LogP contribution in [0, 0.1) is 5.92 Å². The highest BCUT2D eigenvalue weighted by atomic mass is 16.7. The summed E-state index contributed by atoms with van der Waals surface area (Å²) in [7, 11) is 3.06. The second kappa shape index (κ2) is 8.72. The summed E-state index contributed by atoms with van der Waals surface area (Å²) in [6.07, 6.45) is 5.88. The molecule has 1 atom stereocenters. The normalized spacial score (nSPS) is 16.9. The van der Waals surface area contributed by atoms with Crippen LogP contribution in [0.5, 0.6) is 11.5 Å². The van der Waals surface area contributed by atoms with Crippen molar-refractivity contribution in [3.8, 4) is 11.5 Å². The van der Waals surface area contributed by atoms with Gasteiger partial charge in [-0.25, -0.2) is 4.79 Å². The van der Waals surface area contributed by atoms with Gasteiger partial charge < -0.3 is 19.3 Å². The number of methoxy groups -OCH3 is 2. The Morgan fingerprint density at radius 3 is 2.68 bits per heavy atom. The second-order valence-corrected chi connectivity index (χ2v) is 6.34. The molecule has 25 heavy (non-hydrogen) atoms. The first-order chi connectivity index (χ1) is 12.0. The number of carboxylic acids is 1. The Bertz CT molecular complexity index is 675. The van der Waals surface area contributed by atoms with E-state index in [9.17, 15) is 9.90 Å². The van der Waals surface area contributed by atoms with Gasteiger partial charge in [0.1, 0.15) is 17.1 Å². The molecule has 0 fully saturated rings. The standard InChI is InChI=1S/C20H26O5/c1-13-5-7-15(8-6-13)14(2)11-17-18(24-4)10-9-16(20(21)22)19(17)25-12-23-3/h5,9-10,15H,2,6-8,11-12H2,1,3-4H3,(H,21,22)/t15-/m0/s1. The van der Waals surface area contributed by atoms with Crippen molar-refractivity contribution < 1.29 is 24.1 Å². The number of allylic oxidation sites excluding steroid dienone is 3. The van der Waals surface area contributed by atoms with Crippen LogP contribution in [0.25, 0.3) is 0 Å². The van der Waals surface area contributed by atoms with E-state index >= 15 is 0 Å². The monoisotopic (exact) mass is 346 g/mol. The molecule has 0 bridgehead atoms. The smallest absolute Gasteiger partial charge is 0.339 e. The molecule has 1 aromatic carbocycles. The van der Waals surface area contributed by atoms with Crippen molar-refractivity contribution >= 4 is 5.97 Å². The minimum Gasteiger partial charge on any atom is -0.496 e. The lowest BCUT2D eigenvalue weighted by Crippen LogP contribution is -2.13. The molecule has 1 aromatic rings. The lowest BCUT2D eigenvalue weighted by Gasteiger charge is -2.24. The SMILES string of the molecule is C=C(Cc1c(OC)ccc(C(=O)O)c1OCOC)[C@H]1CC=C(C)CC1. The fraction of sp³-hybridized carbons (Fsp3) is 0.450. The largest absolute Gasteiger partial charge is 0.496 e. The molecule has 2 rings (SSSR count). The molecular weight excluding hydrogens is 320 g/mol. The number of ether oxygens (including phenoxy) is 3. The Morgan fingerprint density at radius 2 is 2.12 bits per heavy atom. The summed E-state index contributed by atoms with van der Waals surface area (Å²) in [6, 6.07) is 3.15. The van der Waals surface area contributed by atoms with Crippen LogP contribution < -0.4 is 9.47 Å². The second-order valence-electron chi connectivity index (χ2n) is 6.34. The zero-order valence-corrected chi connectivity index (χ0v) is 15.1. The number of aromatic carboxylic acids is 1. The lowest BCUT2D eigenvalue weighted by atomic mass is 9.82. The van der Waals surface area contributed by atoms with E-state index in [0.29, 0.717) is 23.7 Å². The molecule has 5 nitrogen and oxygen atoms in total. The molecule has 0 aliphatic heterocycles. The van der Waals surface area contributed by atoms with Crippen molar-refractivity contribution in [2.45, 2.75) is 32.6 Å². The Hall–Kier alpha value is -2.27. The van der Waals surface area contributed by atoms with Gasteiger partial charge >= 0.3 is 5.97 Å². The number of rotatable bonds is 8. The van der Waals surface area contributed by atoms with Crippen LogP contribution in [-0.2, 0) is 11.2 Å². The minimum atomic E-state index is -1.04. The number of carbonyl (C=O) groups is 1. The molecule has 0 saturated heterocycles. The zero-order chi connectivity index (χ0) is 18.4. The average molecular weight is 346 g/mol. The maximum atomic E-state index is 11.6. The summed E-state index contributed by atoms with van der Waals surface area (Å²) in [4.78, 5) is 11.6. The van der Waals surface area contributed by atoms with Gasteiger partial charge in [0.25, 0.3) is 0 Å². The first-order valence-electron chi connectivity index (χ1n) is 8.36. The Kier molecular flexibility index (Phi) is 6.65. The first-order valence-corrected chi connectivity index (χ1v) is 8.36. The van der Waals surface area contributed by atoms with Crippen LogP contribution in [0.1, 0.15) is 42.1 Å². The molecule has 0 radical (unpaired) electrons. The molecule has 1 aliphatic carbocycles. The van der Waals surface area contributed by atoms with Gasteiger partial charge in [-0.05, 0) is 44.2 Å². The van der Waals surface area contributed by atoms with E-state index in [-0.39, 0.29) is 18.1 Å². The highest BCUT2D eigenvalue weighted by Crippen LogP contribution is 2.37. The van der Waals surface area contributed by atoms with Crippen LogP contribution in [0.15, 0.2) is 35.9 Å². The summed E-state index contributed by atoms with van der Waals surface area (Å²) < 4.78 is 16.0. The van der Waals surface area contributed by atoms with Crippen LogP contribution in [0.2, 0.25) is 0 Å². The van der Waals surface area contributed by atoms with Crippen molar-refractivity contribution in [3.05, 3.63) is 47.1 Å². The van der Waals surface area contributed by atoms with Crippen LogP contribution in [-0.4, -0.2) is 32.1 Å². The summed E-state index contributed by atoms with van der Waals surface area (Å²) in [5, 5.41) is 9.47. The molecule has 1 N–H and O–H groups in total. The van der Waals surface area contributed by atoms with Gasteiger partial charge in [0.05, 0.1) is 7.11 Å². The highest BCUT2D eigenvalue weighted by molar-refractivity contribution is 5.92. The fourth-order valence-corrected chi connectivity index (χ4v) is 3.13. The van der Waals surface area contributed by atoms with E-state index in [2.05, 4.69) is 19.6 Å². The molecule has 0 heterocycles. The predicted octanol–water partition coefficient (Wildman–Crippen LogP) is 4.22. The van der Waals surface area contributed by atoms with Crippen molar-refractivity contribution in [1.29, 1.82) is 0 Å². The lowest BCUT2D eigenvalue weighted by molar-refractivity contribution is 0.0475. The van der Waals surface area contributed by atoms with Gasteiger partial charge in [-0.2, -0.15) is 0 Å². The average Bonchev–Trinajstić information content (AvgIpc) is 2.60. The van der Waals surface area contributed by atoms with Gasteiger partial charge in [0.2, 0.25) is 0 Å². The third kappa shape index (κ3) is 4.63. The van der Waals surface area contributed by atoms with E-state index in [4.69, 9.17) is 14.2 Å². The number of benzene rings is 1. The summed E-state index contributed by atoms with van der Waals surface area (Å²) in [5.74, 6) is 0.228. The van der Waals surface area contributed by atoms with Gasteiger partial charge in [-0.15, -0.1) is 0 Å². The third-order valence-corrected chi connectivity index (χ3v) is 4.61. The molecule has 0 amide bonds. The van der Waals surface area contributed by atoms with Gasteiger partial charge in [0.15, 0.2) is 6.79 Å². The van der Waals surface area contributed by atoms with E-state index in [1.54, 1.807) is 13.2 Å². The number of carboxylic acid groups (broad SMARTS) is 1. The molecular formula is C20H26O5. The van der Waals surface area contributed by atoms with E-state index in [1.165, 1.54) is 18.7 Å². The zero-order valence-electron chi connectivity index (χ0n) is 15.1. The van der Waals surface area contributed by atoms with Crippen LogP contribution >= 0.6 is 0 Å². The van der Waals surface area contributed by atoms with E-state index in [0.717, 1.165) is 24.8 Å².